The quantitative estimate of drug-likeness (QED) is 0.795. The number of rotatable bonds is 5. The molecule has 3 atom stereocenters. The van der Waals surface area contributed by atoms with Gasteiger partial charge in [0.05, 0.1) is 5.54 Å². The van der Waals surface area contributed by atoms with Crippen LogP contribution in [-0.4, -0.2) is 23.0 Å². The van der Waals surface area contributed by atoms with Crippen molar-refractivity contribution in [3.05, 3.63) is 16.1 Å². The zero-order valence-corrected chi connectivity index (χ0v) is 17.1. The first-order valence-electron chi connectivity index (χ1n) is 8.48. The molecule has 4 nitrogen and oxygen atoms in total. The molecule has 1 aromatic heterocycles. The molecule has 7 heteroatoms. The fraction of sp³-hybridized carbons (Fsp3) is 0.765. The van der Waals surface area contributed by atoms with Crippen molar-refractivity contribution in [1.82, 2.24) is 15.6 Å². The van der Waals surface area contributed by atoms with Gasteiger partial charge in [0.15, 0.2) is 0 Å². The van der Waals surface area contributed by atoms with Gasteiger partial charge in [-0.1, -0.05) is 6.92 Å². The highest BCUT2D eigenvalue weighted by Gasteiger charge is 2.35. The van der Waals surface area contributed by atoms with E-state index in [1.807, 2.05) is 6.92 Å². The zero-order chi connectivity index (χ0) is 15.7. The summed E-state index contributed by atoms with van der Waals surface area (Å²) in [7, 11) is 0. The van der Waals surface area contributed by atoms with Crippen LogP contribution in [0.3, 0.4) is 0 Å². The van der Waals surface area contributed by atoms with Crippen molar-refractivity contribution in [3.8, 4) is 0 Å². The summed E-state index contributed by atoms with van der Waals surface area (Å²) in [6.07, 6.45) is 6.41. The molecule has 3 heterocycles. The molecule has 138 valence electrons. The molecule has 2 N–H and O–H groups in total. The molecule has 2 aliphatic rings. The van der Waals surface area contributed by atoms with Crippen molar-refractivity contribution in [1.29, 1.82) is 0 Å². The summed E-state index contributed by atoms with van der Waals surface area (Å²) in [6, 6.07) is 1.30. The van der Waals surface area contributed by atoms with E-state index in [0.29, 0.717) is 24.4 Å². The van der Waals surface area contributed by atoms with Crippen LogP contribution >= 0.6 is 36.2 Å². The minimum absolute atomic E-state index is 0. The molecule has 3 rings (SSSR count). The van der Waals surface area contributed by atoms with Crippen LogP contribution < -0.4 is 10.6 Å². The largest absolute Gasteiger partial charge is 0.344 e. The second-order valence-electron chi connectivity index (χ2n) is 7.21. The third kappa shape index (κ3) is 4.84. The van der Waals surface area contributed by atoms with E-state index in [0.717, 1.165) is 30.0 Å². The Kier molecular flexibility index (Phi) is 7.98. The summed E-state index contributed by atoms with van der Waals surface area (Å²) in [4.78, 5) is 17.1. The van der Waals surface area contributed by atoms with Crippen LogP contribution in [0.1, 0.15) is 63.1 Å². The van der Waals surface area contributed by atoms with Crippen molar-refractivity contribution in [2.75, 3.05) is 0 Å². The van der Waals surface area contributed by atoms with E-state index >= 15 is 0 Å². The highest BCUT2D eigenvalue weighted by molar-refractivity contribution is 7.09. The van der Waals surface area contributed by atoms with Crippen LogP contribution in [0.25, 0.3) is 0 Å². The number of hydrogen-bond donors (Lipinski definition) is 2. The van der Waals surface area contributed by atoms with Crippen LogP contribution in [-0.2, 0) is 10.3 Å². The SMILES string of the molecule is CCC(C)(NC(=O)CC1CC2CCC(C1)N2)c1nc(C)cs1.Cl.Cl. The van der Waals surface area contributed by atoms with Gasteiger partial charge in [0, 0.05) is 29.6 Å². The predicted octanol–water partition coefficient (Wildman–Crippen LogP) is 3.96. The zero-order valence-electron chi connectivity index (χ0n) is 14.6. The number of halogens is 2. The Bertz CT molecular complexity index is 542. The van der Waals surface area contributed by atoms with Crippen LogP contribution in [0.2, 0.25) is 0 Å². The highest BCUT2D eigenvalue weighted by Crippen LogP contribution is 2.33. The molecule has 2 fully saturated rings. The summed E-state index contributed by atoms with van der Waals surface area (Å²) >= 11 is 1.64. The lowest BCUT2D eigenvalue weighted by atomic mass is 9.89. The minimum atomic E-state index is -0.331. The monoisotopic (exact) mass is 393 g/mol. The summed E-state index contributed by atoms with van der Waals surface area (Å²) < 4.78 is 0. The Labute approximate surface area is 161 Å². The van der Waals surface area contributed by atoms with Gasteiger partial charge in [0.25, 0.3) is 0 Å². The second-order valence-corrected chi connectivity index (χ2v) is 8.07. The summed E-state index contributed by atoms with van der Waals surface area (Å²) in [5.41, 5.74) is 0.700. The minimum Gasteiger partial charge on any atom is -0.344 e. The lowest BCUT2D eigenvalue weighted by molar-refractivity contribution is -0.124. The smallest absolute Gasteiger partial charge is 0.221 e. The molecule has 24 heavy (non-hydrogen) atoms. The van der Waals surface area contributed by atoms with Gasteiger partial charge in [-0.25, -0.2) is 4.98 Å². The summed E-state index contributed by atoms with van der Waals surface area (Å²) in [5.74, 6) is 0.724. The number of fused-ring (bicyclic) bond motifs is 2. The molecule has 0 aliphatic carbocycles. The maximum Gasteiger partial charge on any atom is 0.221 e. The van der Waals surface area contributed by atoms with Gasteiger partial charge in [0.2, 0.25) is 5.91 Å². The maximum atomic E-state index is 12.5. The van der Waals surface area contributed by atoms with E-state index in [4.69, 9.17) is 0 Å². The Hall–Kier alpha value is -0.360. The van der Waals surface area contributed by atoms with Crippen LogP contribution in [0.15, 0.2) is 5.38 Å². The average molecular weight is 394 g/mol. The first-order chi connectivity index (χ1) is 10.5. The number of carbonyl (C=O) groups is 1. The number of aromatic nitrogens is 1. The Morgan fingerprint density at radius 3 is 2.50 bits per heavy atom. The fourth-order valence-electron chi connectivity index (χ4n) is 3.86. The number of thiazole rings is 1. The van der Waals surface area contributed by atoms with Crippen LogP contribution in [0, 0.1) is 12.8 Å². The lowest BCUT2D eigenvalue weighted by Crippen LogP contribution is -2.45. The third-order valence-electron chi connectivity index (χ3n) is 5.26. The van der Waals surface area contributed by atoms with E-state index < -0.39 is 0 Å². The molecule has 0 radical (unpaired) electrons. The van der Waals surface area contributed by atoms with E-state index in [2.05, 4.69) is 34.8 Å². The van der Waals surface area contributed by atoms with Crippen molar-refractivity contribution in [3.63, 3.8) is 0 Å². The number of nitrogens with one attached hydrogen (secondary N) is 2. The molecule has 2 bridgehead atoms. The highest BCUT2D eigenvalue weighted by atomic mass is 35.5. The van der Waals surface area contributed by atoms with Crippen LogP contribution in [0.5, 0.6) is 0 Å². The van der Waals surface area contributed by atoms with E-state index in [-0.39, 0.29) is 36.3 Å². The normalized spacial score (nSPS) is 27.5. The van der Waals surface area contributed by atoms with Gasteiger partial charge in [-0.05, 0) is 51.9 Å². The molecule has 0 spiro atoms. The van der Waals surface area contributed by atoms with Crippen molar-refractivity contribution in [2.24, 2.45) is 5.92 Å². The van der Waals surface area contributed by atoms with Gasteiger partial charge in [-0.2, -0.15) is 0 Å². The predicted molar refractivity (Wildman–Crippen MR) is 104 cm³/mol. The fourth-order valence-corrected chi connectivity index (χ4v) is 4.85. The van der Waals surface area contributed by atoms with E-state index in [1.54, 1.807) is 11.3 Å². The number of nitrogens with zero attached hydrogens (tertiary/aromatic N) is 1. The number of hydrogen-bond acceptors (Lipinski definition) is 4. The molecular formula is C17H29Cl2N3OS. The molecule has 2 aliphatic heterocycles. The molecular weight excluding hydrogens is 365 g/mol. The first kappa shape index (κ1) is 21.7. The van der Waals surface area contributed by atoms with Crippen molar-refractivity contribution in [2.45, 2.75) is 76.9 Å². The number of carbonyl (C=O) groups excluding carboxylic acids is 1. The molecule has 2 saturated heterocycles. The van der Waals surface area contributed by atoms with Crippen molar-refractivity contribution >= 4 is 42.1 Å². The molecule has 1 amide bonds. The average Bonchev–Trinajstić information content (AvgIpc) is 3.05. The van der Waals surface area contributed by atoms with Crippen molar-refractivity contribution < 1.29 is 4.79 Å². The summed E-state index contributed by atoms with van der Waals surface area (Å²) in [6.45, 7) is 6.21. The second kappa shape index (κ2) is 8.84. The Balaban J connectivity index is 0.00000144. The topological polar surface area (TPSA) is 54.0 Å². The van der Waals surface area contributed by atoms with Gasteiger partial charge in [-0.15, -0.1) is 36.2 Å². The molecule has 0 saturated carbocycles. The van der Waals surface area contributed by atoms with E-state index in [1.165, 1.54) is 12.8 Å². The maximum absolute atomic E-state index is 12.5. The van der Waals surface area contributed by atoms with Gasteiger partial charge in [-0.3, -0.25) is 4.79 Å². The molecule has 1 aromatic rings. The Morgan fingerprint density at radius 1 is 1.38 bits per heavy atom. The van der Waals surface area contributed by atoms with E-state index in [9.17, 15) is 4.79 Å². The number of piperidine rings is 1. The molecule has 3 unspecified atom stereocenters. The van der Waals surface area contributed by atoms with Gasteiger partial charge >= 0.3 is 0 Å². The third-order valence-corrected chi connectivity index (χ3v) is 6.48. The molecule has 0 aromatic carbocycles. The standard InChI is InChI=1S/C17H27N3OS.2ClH/c1-4-17(3,16-18-11(2)10-22-16)20-15(21)9-12-7-13-5-6-14(8-12)19-13;;/h10,12-14,19H,4-9H2,1-3H3,(H,20,21);2*1H. The Morgan fingerprint density at radius 2 is 2.00 bits per heavy atom. The number of amides is 1. The van der Waals surface area contributed by atoms with Gasteiger partial charge in [0.1, 0.15) is 5.01 Å². The van der Waals surface area contributed by atoms with Crippen LogP contribution in [0.4, 0.5) is 0 Å². The first-order valence-corrected chi connectivity index (χ1v) is 9.36. The summed E-state index contributed by atoms with van der Waals surface area (Å²) in [5, 5.41) is 9.98. The number of aryl methyl sites for hydroxylation is 1. The van der Waals surface area contributed by atoms with Gasteiger partial charge < -0.3 is 10.6 Å². The lowest BCUT2D eigenvalue weighted by Gasteiger charge is -2.31.